The lowest BCUT2D eigenvalue weighted by molar-refractivity contribution is 0.102. The van der Waals surface area contributed by atoms with E-state index in [1.807, 2.05) is 31.2 Å². The zero-order chi connectivity index (χ0) is 18.5. The Morgan fingerprint density at radius 1 is 1.30 bits per heavy atom. The van der Waals surface area contributed by atoms with Crippen LogP contribution < -0.4 is 10.1 Å². The minimum Gasteiger partial charge on any atom is -0.497 e. The Morgan fingerprint density at radius 3 is 2.93 bits per heavy atom. The summed E-state index contributed by atoms with van der Waals surface area (Å²) in [5.74, 6) is 0.928. The van der Waals surface area contributed by atoms with Crippen molar-refractivity contribution in [2.24, 2.45) is 0 Å². The number of aromatic nitrogens is 3. The monoisotopic (exact) mass is 380 g/mol. The molecule has 3 heterocycles. The normalized spacial score (nSPS) is 14.0. The fourth-order valence-corrected chi connectivity index (χ4v) is 4.02. The van der Waals surface area contributed by atoms with Crippen LogP contribution >= 0.6 is 11.3 Å². The highest BCUT2D eigenvalue weighted by atomic mass is 32.1. The van der Waals surface area contributed by atoms with E-state index in [1.165, 1.54) is 11.3 Å². The van der Waals surface area contributed by atoms with Gasteiger partial charge in [0.05, 0.1) is 34.0 Å². The predicted molar refractivity (Wildman–Crippen MR) is 103 cm³/mol. The highest BCUT2D eigenvalue weighted by Gasteiger charge is 2.28. The first-order valence-electron chi connectivity index (χ1n) is 8.65. The highest BCUT2D eigenvalue weighted by Crippen LogP contribution is 2.40. The largest absolute Gasteiger partial charge is 0.497 e. The number of rotatable bonds is 4. The maximum absolute atomic E-state index is 13.0. The van der Waals surface area contributed by atoms with Crippen LogP contribution in [0, 0.1) is 6.92 Å². The van der Waals surface area contributed by atoms with E-state index in [-0.39, 0.29) is 5.91 Å². The van der Waals surface area contributed by atoms with Crippen LogP contribution in [0.25, 0.3) is 21.3 Å². The molecule has 1 fully saturated rings. The van der Waals surface area contributed by atoms with Crippen molar-refractivity contribution in [2.45, 2.75) is 25.7 Å². The average molecular weight is 380 g/mol. The molecule has 0 bridgehead atoms. The molecule has 0 unspecified atom stereocenters. The Morgan fingerprint density at radius 2 is 2.15 bits per heavy atom. The molecule has 0 aliphatic heterocycles. The van der Waals surface area contributed by atoms with Crippen LogP contribution in [0.3, 0.4) is 0 Å². The number of carbonyl (C=O) groups is 1. The molecule has 0 radical (unpaired) electrons. The van der Waals surface area contributed by atoms with E-state index in [1.54, 1.807) is 7.11 Å². The third kappa shape index (κ3) is 2.82. The van der Waals surface area contributed by atoms with E-state index in [2.05, 4.69) is 20.4 Å². The zero-order valence-corrected chi connectivity index (χ0v) is 15.6. The Labute approximate surface area is 158 Å². The van der Waals surface area contributed by atoms with Gasteiger partial charge in [-0.15, -0.1) is 0 Å². The van der Waals surface area contributed by atoms with Gasteiger partial charge in [-0.1, -0.05) is 16.5 Å². The molecule has 27 heavy (non-hydrogen) atoms. The van der Waals surface area contributed by atoms with E-state index < -0.39 is 0 Å². The van der Waals surface area contributed by atoms with Gasteiger partial charge in [0.25, 0.3) is 11.6 Å². The molecule has 1 saturated carbocycles. The molecule has 8 heteroatoms. The number of hydrogen-bond acceptors (Lipinski definition) is 7. The number of hydrogen-bond donors (Lipinski definition) is 1. The number of fused-ring (bicyclic) bond motifs is 2. The summed E-state index contributed by atoms with van der Waals surface area (Å²) < 4.78 is 11.5. The fraction of sp³-hybridized carbons (Fsp3) is 0.263. The summed E-state index contributed by atoms with van der Waals surface area (Å²) in [6.07, 6.45) is 2.18. The van der Waals surface area contributed by atoms with Crippen molar-refractivity contribution in [2.75, 3.05) is 12.4 Å². The predicted octanol–water partition coefficient (Wildman–Crippen LogP) is 4.28. The molecule has 5 rings (SSSR count). The van der Waals surface area contributed by atoms with Crippen molar-refractivity contribution in [3.63, 3.8) is 0 Å². The number of thiazole rings is 1. The van der Waals surface area contributed by atoms with Gasteiger partial charge in [-0.2, -0.15) is 0 Å². The molecule has 1 aliphatic rings. The molecule has 3 aromatic heterocycles. The summed E-state index contributed by atoms with van der Waals surface area (Å²) in [4.78, 5) is 22.0. The van der Waals surface area contributed by atoms with Crippen LogP contribution in [0.2, 0.25) is 0 Å². The third-order valence-electron chi connectivity index (χ3n) is 4.69. The smallest absolute Gasteiger partial charge is 0.259 e. The molecule has 1 amide bonds. The molecular weight excluding hydrogens is 364 g/mol. The van der Waals surface area contributed by atoms with E-state index in [0.717, 1.165) is 34.5 Å². The zero-order valence-electron chi connectivity index (χ0n) is 14.8. The second kappa shape index (κ2) is 6.02. The number of benzene rings is 1. The van der Waals surface area contributed by atoms with Crippen molar-refractivity contribution in [1.29, 1.82) is 0 Å². The SMILES string of the molecule is COc1ccc2nc(NC(=O)c3cc(C4CC4)nc4onc(C)c34)sc2c1. The van der Waals surface area contributed by atoms with Gasteiger partial charge in [-0.05, 0) is 44.0 Å². The van der Waals surface area contributed by atoms with E-state index in [0.29, 0.717) is 33.4 Å². The number of anilines is 1. The topological polar surface area (TPSA) is 90.1 Å². The number of pyridine rings is 1. The van der Waals surface area contributed by atoms with Crippen LogP contribution in [0.1, 0.15) is 40.5 Å². The number of ether oxygens (including phenoxy) is 1. The molecule has 1 aromatic carbocycles. The maximum atomic E-state index is 13.0. The fourth-order valence-electron chi connectivity index (χ4n) is 3.13. The van der Waals surface area contributed by atoms with E-state index >= 15 is 0 Å². The molecule has 1 N–H and O–H groups in total. The van der Waals surface area contributed by atoms with Gasteiger partial charge in [0.2, 0.25) is 0 Å². The third-order valence-corrected chi connectivity index (χ3v) is 5.63. The van der Waals surface area contributed by atoms with Crippen LogP contribution in [-0.2, 0) is 0 Å². The van der Waals surface area contributed by atoms with Gasteiger partial charge < -0.3 is 9.26 Å². The van der Waals surface area contributed by atoms with Gasteiger partial charge in [0.15, 0.2) is 5.13 Å². The van der Waals surface area contributed by atoms with Crippen LogP contribution in [0.5, 0.6) is 5.75 Å². The van der Waals surface area contributed by atoms with Crippen LogP contribution in [0.15, 0.2) is 28.8 Å². The molecular formula is C19H16N4O3S. The number of aryl methyl sites for hydroxylation is 1. The quantitative estimate of drug-likeness (QED) is 0.568. The van der Waals surface area contributed by atoms with Gasteiger partial charge in [-0.25, -0.2) is 9.97 Å². The average Bonchev–Trinajstić information content (AvgIpc) is 3.35. The second-order valence-electron chi connectivity index (χ2n) is 6.62. The van der Waals surface area contributed by atoms with E-state index in [9.17, 15) is 4.79 Å². The first kappa shape index (κ1) is 16.2. The number of nitrogens with one attached hydrogen (secondary N) is 1. The molecule has 1 aliphatic carbocycles. The second-order valence-corrected chi connectivity index (χ2v) is 7.65. The standard InChI is InChI=1S/C19H16N4O3S/c1-9-16-12(8-14(10-3-4-10)20-18(16)26-23-9)17(24)22-19-21-13-6-5-11(25-2)7-15(13)27-19/h5-8,10H,3-4H2,1-2H3,(H,21,22,24). The lowest BCUT2D eigenvalue weighted by Crippen LogP contribution is -2.13. The van der Waals surface area contributed by atoms with Crippen LogP contribution in [0.4, 0.5) is 5.13 Å². The summed E-state index contributed by atoms with van der Waals surface area (Å²) in [7, 11) is 1.62. The summed E-state index contributed by atoms with van der Waals surface area (Å²) in [6.45, 7) is 1.81. The molecule has 0 spiro atoms. The Bertz CT molecular complexity index is 1190. The first-order valence-corrected chi connectivity index (χ1v) is 9.47. The lowest BCUT2D eigenvalue weighted by atomic mass is 10.1. The molecule has 0 saturated heterocycles. The van der Waals surface area contributed by atoms with Crippen molar-refractivity contribution in [3.05, 3.63) is 41.2 Å². The number of methoxy groups -OCH3 is 1. The van der Waals surface area contributed by atoms with Crippen molar-refractivity contribution in [3.8, 4) is 5.75 Å². The number of nitrogens with zero attached hydrogens (tertiary/aromatic N) is 3. The van der Waals surface area contributed by atoms with Crippen molar-refractivity contribution < 1.29 is 14.1 Å². The number of carbonyl (C=O) groups excluding carboxylic acids is 1. The Balaban J connectivity index is 1.53. The maximum Gasteiger partial charge on any atom is 0.259 e. The molecule has 136 valence electrons. The lowest BCUT2D eigenvalue weighted by Gasteiger charge is -2.05. The summed E-state index contributed by atoms with van der Waals surface area (Å²) in [5.41, 5.74) is 3.29. The molecule has 7 nitrogen and oxygen atoms in total. The van der Waals surface area contributed by atoms with Gasteiger partial charge in [-0.3, -0.25) is 10.1 Å². The Hall–Kier alpha value is -3.00. The summed E-state index contributed by atoms with van der Waals surface area (Å²) >= 11 is 1.41. The number of amides is 1. The summed E-state index contributed by atoms with van der Waals surface area (Å²) in [5, 5.41) is 8.08. The first-order chi connectivity index (χ1) is 13.1. The minimum atomic E-state index is -0.235. The van der Waals surface area contributed by atoms with Gasteiger partial charge in [0.1, 0.15) is 5.75 Å². The summed E-state index contributed by atoms with van der Waals surface area (Å²) in [6, 6.07) is 7.49. The molecule has 4 aromatic rings. The minimum absolute atomic E-state index is 0.235. The van der Waals surface area contributed by atoms with Gasteiger partial charge in [0, 0.05) is 11.6 Å². The molecule has 0 atom stereocenters. The van der Waals surface area contributed by atoms with E-state index in [4.69, 9.17) is 9.26 Å². The highest BCUT2D eigenvalue weighted by molar-refractivity contribution is 7.22. The van der Waals surface area contributed by atoms with Crippen molar-refractivity contribution in [1.82, 2.24) is 15.1 Å². The Kier molecular flexibility index (Phi) is 3.61. The van der Waals surface area contributed by atoms with Crippen molar-refractivity contribution >= 4 is 43.7 Å². The van der Waals surface area contributed by atoms with Gasteiger partial charge >= 0.3 is 0 Å². The van der Waals surface area contributed by atoms with Crippen LogP contribution in [-0.4, -0.2) is 28.1 Å².